The van der Waals surface area contributed by atoms with E-state index in [9.17, 15) is 0 Å². The van der Waals surface area contributed by atoms with E-state index >= 15 is 0 Å². The number of thiazole rings is 1. The van der Waals surface area contributed by atoms with E-state index in [4.69, 9.17) is 9.84 Å². The SMILES string of the molecule is [OH2+]CC1CCCN(Cc2ccc(Oc3nc4ccccc4s3)cc2)C1. The Morgan fingerprint density at radius 3 is 2.80 bits per heavy atom. The minimum absolute atomic E-state index is 0.537. The maximum Gasteiger partial charge on any atom is 0.279 e. The van der Waals surface area contributed by atoms with Crippen LogP contribution in [0.5, 0.6) is 10.9 Å². The summed E-state index contributed by atoms with van der Waals surface area (Å²) in [6.07, 6.45) is 2.41. The van der Waals surface area contributed by atoms with Crippen molar-refractivity contribution < 1.29 is 9.84 Å². The summed E-state index contributed by atoms with van der Waals surface area (Å²) < 4.78 is 7.05. The van der Waals surface area contributed by atoms with Gasteiger partial charge in [-0.2, -0.15) is 0 Å². The van der Waals surface area contributed by atoms with Gasteiger partial charge in [-0.05, 0) is 49.2 Å². The second kappa shape index (κ2) is 7.52. The zero-order valence-corrected chi connectivity index (χ0v) is 15.0. The molecular formula is C20H23N2O2S+. The molecule has 0 amide bonds. The van der Waals surface area contributed by atoms with Crippen molar-refractivity contribution in [3.8, 4) is 10.9 Å². The summed E-state index contributed by atoms with van der Waals surface area (Å²) >= 11 is 1.57. The molecule has 1 aromatic heterocycles. The Labute approximate surface area is 151 Å². The second-order valence-corrected chi connectivity index (χ2v) is 7.63. The number of benzene rings is 2. The molecule has 25 heavy (non-hydrogen) atoms. The van der Waals surface area contributed by atoms with Crippen LogP contribution < -0.4 is 4.74 Å². The third-order valence-corrected chi connectivity index (χ3v) is 5.62. The van der Waals surface area contributed by atoms with E-state index in [2.05, 4.69) is 28.1 Å². The maximum atomic E-state index is 7.59. The van der Waals surface area contributed by atoms with Gasteiger partial charge in [0.05, 0.1) is 10.2 Å². The minimum atomic E-state index is 0.537. The van der Waals surface area contributed by atoms with Gasteiger partial charge in [0.15, 0.2) is 0 Å². The fraction of sp³-hybridized carbons (Fsp3) is 0.350. The quantitative estimate of drug-likeness (QED) is 0.649. The third-order valence-electron chi connectivity index (χ3n) is 4.70. The number of hydrogen-bond donors (Lipinski definition) is 0. The number of ether oxygens (including phenoxy) is 1. The van der Waals surface area contributed by atoms with Crippen LogP contribution >= 0.6 is 11.3 Å². The Morgan fingerprint density at radius 2 is 2.00 bits per heavy atom. The summed E-state index contributed by atoms with van der Waals surface area (Å²) in [5, 5.41) is 8.28. The molecule has 1 unspecified atom stereocenters. The maximum absolute atomic E-state index is 7.59. The largest absolute Gasteiger partial charge is 0.445 e. The zero-order valence-electron chi connectivity index (χ0n) is 14.1. The normalized spacial score (nSPS) is 18.5. The van der Waals surface area contributed by atoms with Gasteiger partial charge in [-0.1, -0.05) is 35.6 Å². The van der Waals surface area contributed by atoms with Crippen molar-refractivity contribution in [2.24, 2.45) is 5.92 Å². The number of para-hydroxylation sites is 1. The fourth-order valence-corrected chi connectivity index (χ4v) is 4.21. The van der Waals surface area contributed by atoms with E-state index < -0.39 is 0 Å². The topological polar surface area (TPSA) is 48.3 Å². The van der Waals surface area contributed by atoms with Gasteiger partial charge in [0.1, 0.15) is 12.4 Å². The Bertz CT molecular complexity index is 798. The molecule has 130 valence electrons. The van der Waals surface area contributed by atoms with Crippen LogP contribution in [-0.4, -0.2) is 34.7 Å². The first-order valence-corrected chi connectivity index (χ1v) is 9.61. The average molecular weight is 355 g/mol. The van der Waals surface area contributed by atoms with Crippen molar-refractivity contribution in [3.05, 3.63) is 54.1 Å². The molecule has 5 heteroatoms. The molecule has 1 saturated heterocycles. The Balaban J connectivity index is 1.39. The van der Waals surface area contributed by atoms with Crippen LogP contribution in [0, 0.1) is 5.92 Å². The number of aromatic nitrogens is 1. The van der Waals surface area contributed by atoms with Crippen LogP contribution in [0.25, 0.3) is 10.2 Å². The lowest BCUT2D eigenvalue weighted by atomic mass is 9.98. The standard InChI is InChI=1S/C20H22N2O2S/c23-14-16-4-3-11-22(13-16)12-15-7-9-17(10-8-15)24-20-21-18-5-1-2-6-19(18)25-20/h1-2,5-10,16,23H,3-4,11-14H2/p+1. The number of rotatable bonds is 5. The zero-order chi connectivity index (χ0) is 17.1. The number of likely N-dealkylation sites (tertiary alicyclic amines) is 1. The van der Waals surface area contributed by atoms with Crippen LogP contribution in [0.2, 0.25) is 0 Å². The molecule has 1 aliphatic rings. The highest BCUT2D eigenvalue weighted by Gasteiger charge is 2.20. The van der Waals surface area contributed by atoms with Gasteiger partial charge in [-0.15, -0.1) is 0 Å². The summed E-state index contributed by atoms with van der Waals surface area (Å²) in [5.74, 6) is 1.36. The molecular weight excluding hydrogens is 332 g/mol. The van der Waals surface area contributed by atoms with Gasteiger partial charge >= 0.3 is 0 Å². The lowest BCUT2D eigenvalue weighted by Gasteiger charge is -2.30. The molecule has 2 heterocycles. The molecule has 0 radical (unpaired) electrons. The molecule has 4 rings (SSSR count). The van der Waals surface area contributed by atoms with Crippen LogP contribution in [-0.2, 0) is 6.54 Å². The monoisotopic (exact) mass is 355 g/mol. The summed E-state index contributed by atoms with van der Waals surface area (Å²) in [6, 6.07) is 16.4. The van der Waals surface area contributed by atoms with E-state index in [1.807, 2.05) is 30.3 Å². The molecule has 2 N–H and O–H groups in total. The van der Waals surface area contributed by atoms with Crippen LogP contribution in [0.15, 0.2) is 48.5 Å². The molecule has 4 nitrogen and oxygen atoms in total. The van der Waals surface area contributed by atoms with E-state index in [-0.39, 0.29) is 0 Å². The second-order valence-electron chi connectivity index (χ2n) is 6.64. The number of nitrogens with zero attached hydrogens (tertiary/aromatic N) is 2. The van der Waals surface area contributed by atoms with Crippen molar-refractivity contribution >= 4 is 21.6 Å². The first kappa shape index (κ1) is 16.5. The van der Waals surface area contributed by atoms with Crippen molar-refractivity contribution in [1.29, 1.82) is 0 Å². The predicted octanol–water partition coefficient (Wildman–Crippen LogP) is 4.03. The Kier molecular flexibility index (Phi) is 4.97. The van der Waals surface area contributed by atoms with Gasteiger partial charge in [-0.3, -0.25) is 4.90 Å². The van der Waals surface area contributed by atoms with Crippen molar-refractivity contribution in [2.75, 3.05) is 19.7 Å². The molecule has 0 spiro atoms. The molecule has 0 aliphatic carbocycles. The van der Waals surface area contributed by atoms with Crippen LogP contribution in [0.1, 0.15) is 18.4 Å². The average Bonchev–Trinajstić information content (AvgIpc) is 3.06. The molecule has 0 bridgehead atoms. The van der Waals surface area contributed by atoms with Crippen molar-refractivity contribution in [1.82, 2.24) is 9.88 Å². The van der Waals surface area contributed by atoms with E-state index in [1.54, 1.807) is 11.3 Å². The summed E-state index contributed by atoms with van der Waals surface area (Å²) in [7, 11) is 0. The van der Waals surface area contributed by atoms with E-state index in [0.29, 0.717) is 17.7 Å². The smallest absolute Gasteiger partial charge is 0.279 e. The summed E-state index contributed by atoms with van der Waals surface area (Å²) in [6.45, 7) is 3.69. The number of fused-ring (bicyclic) bond motifs is 1. The van der Waals surface area contributed by atoms with Gasteiger partial charge in [0, 0.05) is 19.0 Å². The van der Waals surface area contributed by atoms with Crippen molar-refractivity contribution in [2.45, 2.75) is 19.4 Å². The molecule has 1 atom stereocenters. The third kappa shape index (κ3) is 4.00. The van der Waals surface area contributed by atoms with Gasteiger partial charge in [-0.25, -0.2) is 4.98 Å². The summed E-state index contributed by atoms with van der Waals surface area (Å²) in [5.41, 5.74) is 2.27. The number of hydrogen-bond acceptors (Lipinski definition) is 4. The van der Waals surface area contributed by atoms with E-state index in [1.165, 1.54) is 18.4 Å². The molecule has 0 saturated carbocycles. The molecule has 1 aliphatic heterocycles. The fourth-order valence-electron chi connectivity index (χ4n) is 3.38. The van der Waals surface area contributed by atoms with Crippen LogP contribution in [0.3, 0.4) is 0 Å². The first-order chi connectivity index (χ1) is 12.3. The highest BCUT2D eigenvalue weighted by atomic mass is 32.1. The molecule has 3 aromatic rings. The highest BCUT2D eigenvalue weighted by molar-refractivity contribution is 7.20. The lowest BCUT2D eigenvalue weighted by Crippen LogP contribution is -2.36. The highest BCUT2D eigenvalue weighted by Crippen LogP contribution is 2.31. The Hall–Kier alpha value is -1.95. The first-order valence-electron chi connectivity index (χ1n) is 8.79. The minimum Gasteiger partial charge on any atom is -0.445 e. The van der Waals surface area contributed by atoms with Gasteiger partial charge in [0.2, 0.25) is 0 Å². The molecule has 1 fully saturated rings. The van der Waals surface area contributed by atoms with Gasteiger partial charge in [0.25, 0.3) is 5.19 Å². The van der Waals surface area contributed by atoms with Gasteiger partial charge < -0.3 is 9.84 Å². The van der Waals surface area contributed by atoms with Crippen molar-refractivity contribution in [3.63, 3.8) is 0 Å². The number of piperidine rings is 1. The Morgan fingerprint density at radius 1 is 1.16 bits per heavy atom. The summed E-state index contributed by atoms with van der Waals surface area (Å²) in [4.78, 5) is 6.98. The predicted molar refractivity (Wildman–Crippen MR) is 103 cm³/mol. The molecule has 2 aromatic carbocycles. The van der Waals surface area contributed by atoms with E-state index in [0.717, 1.165) is 35.6 Å². The van der Waals surface area contributed by atoms with Crippen LogP contribution in [0.4, 0.5) is 0 Å². The lowest BCUT2D eigenvalue weighted by molar-refractivity contribution is 0.116.